The van der Waals surface area contributed by atoms with Crippen LogP contribution in [-0.4, -0.2) is 0 Å². The number of halogens is 3. The molecule has 108 valence electrons. The molecular weight excluding hydrogens is 310 g/mol. The van der Waals surface area contributed by atoms with Crippen molar-refractivity contribution in [3.05, 3.63) is 62.9 Å². The molecule has 2 nitrogen and oxygen atoms in total. The van der Waals surface area contributed by atoms with E-state index in [0.717, 1.165) is 11.3 Å². The molecule has 2 rings (SSSR count). The molecule has 0 aromatic heterocycles. The number of nitriles is 1. The minimum absolute atomic E-state index is 0.0107. The lowest BCUT2D eigenvalue weighted by Crippen LogP contribution is -2.10. The maximum atomic E-state index is 13.6. The Morgan fingerprint density at radius 2 is 1.95 bits per heavy atom. The maximum Gasteiger partial charge on any atom is 0.142 e. The third-order valence-corrected chi connectivity index (χ3v) is 3.96. The van der Waals surface area contributed by atoms with Gasteiger partial charge in [0.15, 0.2) is 0 Å². The van der Waals surface area contributed by atoms with Crippen molar-refractivity contribution in [2.75, 3.05) is 5.32 Å². The van der Waals surface area contributed by atoms with E-state index in [1.54, 1.807) is 12.1 Å². The van der Waals surface area contributed by atoms with Crippen LogP contribution in [0.4, 0.5) is 10.1 Å². The zero-order valence-corrected chi connectivity index (χ0v) is 13.1. The van der Waals surface area contributed by atoms with Gasteiger partial charge in [0, 0.05) is 16.3 Å². The fourth-order valence-corrected chi connectivity index (χ4v) is 2.79. The highest BCUT2D eigenvalue weighted by atomic mass is 35.5. The average Bonchev–Trinajstić information content (AvgIpc) is 2.46. The highest BCUT2D eigenvalue weighted by Crippen LogP contribution is 2.34. The second kappa shape index (κ2) is 6.34. The van der Waals surface area contributed by atoms with Crippen LogP contribution >= 0.6 is 23.2 Å². The first-order valence-corrected chi connectivity index (χ1v) is 7.10. The number of hydrogen-bond acceptors (Lipinski definition) is 2. The second-order valence-electron chi connectivity index (χ2n) is 4.76. The third-order valence-electron chi connectivity index (χ3n) is 3.25. The number of rotatable bonds is 3. The molecular formula is C16H13Cl2FN2. The Bertz CT molecular complexity index is 723. The summed E-state index contributed by atoms with van der Waals surface area (Å²) in [4.78, 5) is 0. The van der Waals surface area contributed by atoms with Gasteiger partial charge in [-0.1, -0.05) is 29.3 Å². The SMILES string of the molecule is Cc1ccc(C#N)cc1NC(C)c1c(Cl)ccc(F)c1Cl. The minimum atomic E-state index is -0.507. The standard InChI is InChI=1S/C16H13Cl2FN2/c1-9-3-4-11(8-20)7-14(9)21-10(2)15-12(17)5-6-13(19)16(15)18/h3-7,10,21H,1-2H3. The molecule has 0 radical (unpaired) electrons. The fourth-order valence-electron chi connectivity index (χ4n) is 2.09. The lowest BCUT2D eigenvalue weighted by molar-refractivity contribution is 0.624. The molecule has 21 heavy (non-hydrogen) atoms. The number of anilines is 1. The van der Waals surface area contributed by atoms with Gasteiger partial charge in [-0.15, -0.1) is 0 Å². The van der Waals surface area contributed by atoms with Gasteiger partial charge in [0.2, 0.25) is 0 Å². The van der Waals surface area contributed by atoms with Gasteiger partial charge in [0.25, 0.3) is 0 Å². The van der Waals surface area contributed by atoms with E-state index >= 15 is 0 Å². The van der Waals surface area contributed by atoms with E-state index in [-0.39, 0.29) is 11.1 Å². The zero-order chi connectivity index (χ0) is 15.6. The van der Waals surface area contributed by atoms with E-state index in [9.17, 15) is 4.39 Å². The van der Waals surface area contributed by atoms with E-state index in [1.165, 1.54) is 12.1 Å². The van der Waals surface area contributed by atoms with Gasteiger partial charge < -0.3 is 5.32 Å². The molecule has 0 amide bonds. The molecule has 0 bridgehead atoms. The normalized spacial score (nSPS) is 11.8. The van der Waals surface area contributed by atoms with Gasteiger partial charge in [0.05, 0.1) is 22.7 Å². The maximum absolute atomic E-state index is 13.6. The van der Waals surface area contributed by atoms with Crippen LogP contribution in [-0.2, 0) is 0 Å². The van der Waals surface area contributed by atoms with Crippen molar-refractivity contribution in [3.8, 4) is 6.07 Å². The summed E-state index contributed by atoms with van der Waals surface area (Å²) in [5.74, 6) is -0.507. The van der Waals surface area contributed by atoms with Crippen molar-refractivity contribution in [1.82, 2.24) is 0 Å². The second-order valence-corrected chi connectivity index (χ2v) is 5.55. The molecule has 0 aliphatic carbocycles. The third kappa shape index (κ3) is 3.29. The minimum Gasteiger partial charge on any atom is -0.378 e. The molecule has 0 heterocycles. The van der Waals surface area contributed by atoms with E-state index in [1.807, 2.05) is 19.9 Å². The zero-order valence-electron chi connectivity index (χ0n) is 11.5. The van der Waals surface area contributed by atoms with E-state index < -0.39 is 5.82 Å². The van der Waals surface area contributed by atoms with Gasteiger partial charge in [-0.05, 0) is 43.7 Å². The summed E-state index contributed by atoms with van der Waals surface area (Å²) in [6, 6.07) is 9.85. The Morgan fingerprint density at radius 1 is 1.24 bits per heavy atom. The Labute approximate surface area is 133 Å². The lowest BCUT2D eigenvalue weighted by atomic mass is 10.1. The van der Waals surface area contributed by atoms with Crippen molar-refractivity contribution >= 4 is 28.9 Å². The van der Waals surface area contributed by atoms with Crippen molar-refractivity contribution in [2.24, 2.45) is 0 Å². The van der Waals surface area contributed by atoms with Gasteiger partial charge >= 0.3 is 0 Å². The van der Waals surface area contributed by atoms with Crippen LogP contribution in [0.5, 0.6) is 0 Å². The highest BCUT2D eigenvalue weighted by Gasteiger charge is 2.17. The summed E-state index contributed by atoms with van der Waals surface area (Å²) < 4.78 is 13.6. The fraction of sp³-hybridized carbons (Fsp3) is 0.188. The molecule has 1 atom stereocenters. The molecule has 2 aromatic carbocycles. The molecule has 0 spiro atoms. The predicted octanol–water partition coefficient (Wildman–Crippen LogP) is 5.49. The molecule has 0 saturated carbocycles. The van der Waals surface area contributed by atoms with Crippen LogP contribution in [0.25, 0.3) is 0 Å². The number of aryl methyl sites for hydroxylation is 1. The number of hydrogen-bond donors (Lipinski definition) is 1. The van der Waals surface area contributed by atoms with Crippen LogP contribution in [0.15, 0.2) is 30.3 Å². The summed E-state index contributed by atoms with van der Waals surface area (Å²) in [7, 11) is 0. The topological polar surface area (TPSA) is 35.8 Å². The van der Waals surface area contributed by atoms with Crippen molar-refractivity contribution in [3.63, 3.8) is 0 Å². The molecule has 0 fully saturated rings. The number of nitrogens with one attached hydrogen (secondary N) is 1. The van der Waals surface area contributed by atoms with Crippen molar-refractivity contribution in [1.29, 1.82) is 5.26 Å². The first kappa shape index (κ1) is 15.6. The van der Waals surface area contributed by atoms with Crippen LogP contribution < -0.4 is 5.32 Å². The van der Waals surface area contributed by atoms with Crippen LogP contribution in [0.3, 0.4) is 0 Å². The molecule has 0 aliphatic rings. The summed E-state index contributed by atoms with van der Waals surface area (Å²) in [6.07, 6.45) is 0. The highest BCUT2D eigenvalue weighted by molar-refractivity contribution is 6.36. The lowest BCUT2D eigenvalue weighted by Gasteiger charge is -2.20. The smallest absolute Gasteiger partial charge is 0.142 e. The van der Waals surface area contributed by atoms with E-state index in [4.69, 9.17) is 28.5 Å². The monoisotopic (exact) mass is 322 g/mol. The number of nitrogens with zero attached hydrogens (tertiary/aromatic N) is 1. The van der Waals surface area contributed by atoms with Crippen LogP contribution in [0.1, 0.15) is 29.7 Å². The van der Waals surface area contributed by atoms with E-state index in [2.05, 4.69) is 11.4 Å². The van der Waals surface area contributed by atoms with Gasteiger partial charge in [-0.25, -0.2) is 4.39 Å². The molecule has 1 unspecified atom stereocenters. The summed E-state index contributed by atoms with van der Waals surface area (Å²) in [5, 5.41) is 12.6. The van der Waals surface area contributed by atoms with Crippen molar-refractivity contribution < 1.29 is 4.39 Å². The van der Waals surface area contributed by atoms with Gasteiger partial charge in [-0.2, -0.15) is 5.26 Å². The van der Waals surface area contributed by atoms with Crippen LogP contribution in [0.2, 0.25) is 10.0 Å². The molecule has 0 aliphatic heterocycles. The first-order chi connectivity index (χ1) is 9.93. The van der Waals surface area contributed by atoms with Crippen molar-refractivity contribution in [2.45, 2.75) is 19.9 Å². The van der Waals surface area contributed by atoms with E-state index in [0.29, 0.717) is 16.1 Å². The molecule has 0 saturated heterocycles. The largest absolute Gasteiger partial charge is 0.378 e. The quantitative estimate of drug-likeness (QED) is 0.759. The summed E-state index contributed by atoms with van der Waals surface area (Å²) in [6.45, 7) is 3.76. The molecule has 5 heteroatoms. The van der Waals surface area contributed by atoms with Crippen LogP contribution in [0, 0.1) is 24.1 Å². The Balaban J connectivity index is 2.37. The Kier molecular flexibility index (Phi) is 4.72. The van der Waals surface area contributed by atoms with Gasteiger partial charge in [0.1, 0.15) is 5.82 Å². The summed E-state index contributed by atoms with van der Waals surface area (Å²) in [5.41, 5.74) is 2.81. The first-order valence-electron chi connectivity index (χ1n) is 6.34. The Morgan fingerprint density at radius 3 is 2.62 bits per heavy atom. The molecule has 1 N–H and O–H groups in total. The van der Waals surface area contributed by atoms with Gasteiger partial charge in [-0.3, -0.25) is 0 Å². The predicted molar refractivity (Wildman–Crippen MR) is 84.4 cm³/mol. The molecule has 2 aromatic rings. The average molecular weight is 323 g/mol. The number of benzene rings is 2. The summed E-state index contributed by atoms with van der Waals surface area (Å²) >= 11 is 12.1. The Hall–Kier alpha value is -1.76.